The molecule has 26 heavy (non-hydrogen) atoms. The number of benzene rings is 1. The first kappa shape index (κ1) is 20.6. The van der Waals surface area contributed by atoms with Crippen LogP contribution in [0.2, 0.25) is 0 Å². The van der Waals surface area contributed by atoms with E-state index in [1.54, 1.807) is 19.2 Å². The predicted molar refractivity (Wildman–Crippen MR) is 102 cm³/mol. The highest BCUT2D eigenvalue weighted by Crippen LogP contribution is 2.22. The van der Waals surface area contributed by atoms with Crippen LogP contribution in [0.3, 0.4) is 0 Å². The summed E-state index contributed by atoms with van der Waals surface area (Å²) in [5.74, 6) is 0.537. The molecule has 1 aromatic rings. The molecule has 1 aromatic carbocycles. The van der Waals surface area contributed by atoms with E-state index in [0.717, 1.165) is 50.8 Å². The molecule has 0 amide bonds. The van der Waals surface area contributed by atoms with Gasteiger partial charge in [0.25, 0.3) is 0 Å². The number of hydrogen-bond acceptors (Lipinski definition) is 4. The summed E-state index contributed by atoms with van der Waals surface area (Å²) in [6, 6.07) is 6.89. The van der Waals surface area contributed by atoms with Crippen molar-refractivity contribution < 1.29 is 13.9 Å². The van der Waals surface area contributed by atoms with Crippen LogP contribution in [0.5, 0.6) is 0 Å². The van der Waals surface area contributed by atoms with E-state index in [9.17, 15) is 4.39 Å². The Morgan fingerprint density at radius 1 is 1.35 bits per heavy atom. The zero-order valence-corrected chi connectivity index (χ0v) is 15.8. The van der Waals surface area contributed by atoms with E-state index in [2.05, 4.69) is 20.5 Å². The molecule has 1 atom stereocenters. The van der Waals surface area contributed by atoms with Gasteiger partial charge in [-0.05, 0) is 31.0 Å². The van der Waals surface area contributed by atoms with E-state index in [4.69, 9.17) is 9.47 Å². The minimum atomic E-state index is -0.209. The van der Waals surface area contributed by atoms with Gasteiger partial charge in [0, 0.05) is 46.4 Å². The molecule has 0 bridgehead atoms. The van der Waals surface area contributed by atoms with Crippen LogP contribution < -0.4 is 10.6 Å². The predicted octanol–water partition coefficient (Wildman–Crippen LogP) is 1.79. The lowest BCUT2D eigenvalue weighted by atomic mass is 10.0. The Labute approximate surface area is 155 Å². The lowest BCUT2D eigenvalue weighted by Crippen LogP contribution is -2.46. The van der Waals surface area contributed by atoms with Crippen molar-refractivity contribution in [1.29, 1.82) is 0 Å². The number of nitrogens with one attached hydrogen (secondary N) is 2. The molecule has 0 saturated carbocycles. The minimum Gasteiger partial charge on any atom is -0.382 e. The Morgan fingerprint density at radius 2 is 2.15 bits per heavy atom. The number of guanidine groups is 1. The van der Waals surface area contributed by atoms with Crippen LogP contribution in [0.1, 0.15) is 24.9 Å². The molecule has 7 heteroatoms. The molecule has 1 heterocycles. The summed E-state index contributed by atoms with van der Waals surface area (Å²) in [4.78, 5) is 6.60. The van der Waals surface area contributed by atoms with Gasteiger partial charge in [0.05, 0.1) is 19.3 Å². The molecule has 0 aliphatic carbocycles. The fraction of sp³-hybridized carbons (Fsp3) is 0.632. The van der Waals surface area contributed by atoms with Gasteiger partial charge in [0.1, 0.15) is 5.82 Å². The van der Waals surface area contributed by atoms with Crippen LogP contribution in [0.4, 0.5) is 4.39 Å². The number of ether oxygens (including phenoxy) is 2. The molecular formula is C19H31FN4O2. The maximum absolute atomic E-state index is 13.7. The van der Waals surface area contributed by atoms with Crippen LogP contribution in [-0.4, -0.2) is 70.5 Å². The van der Waals surface area contributed by atoms with Crippen molar-refractivity contribution in [2.24, 2.45) is 4.99 Å². The number of halogens is 1. The number of morpholine rings is 1. The Morgan fingerprint density at radius 3 is 2.85 bits per heavy atom. The molecule has 146 valence electrons. The van der Waals surface area contributed by atoms with Crippen molar-refractivity contribution in [1.82, 2.24) is 15.5 Å². The fourth-order valence-electron chi connectivity index (χ4n) is 3.00. The lowest BCUT2D eigenvalue weighted by molar-refractivity contribution is 0.0169. The van der Waals surface area contributed by atoms with Crippen LogP contribution in [-0.2, 0) is 9.47 Å². The summed E-state index contributed by atoms with van der Waals surface area (Å²) in [6.45, 7) is 7.99. The molecule has 1 aliphatic rings. The van der Waals surface area contributed by atoms with Gasteiger partial charge in [-0.25, -0.2) is 4.39 Å². The van der Waals surface area contributed by atoms with Crippen LogP contribution in [0, 0.1) is 5.82 Å². The molecule has 2 rings (SSSR count). The van der Waals surface area contributed by atoms with E-state index in [0.29, 0.717) is 19.8 Å². The number of hydrogen-bond donors (Lipinski definition) is 2. The highest BCUT2D eigenvalue weighted by atomic mass is 19.1. The van der Waals surface area contributed by atoms with E-state index in [1.807, 2.05) is 13.0 Å². The highest BCUT2D eigenvalue weighted by Gasteiger charge is 2.23. The summed E-state index contributed by atoms with van der Waals surface area (Å²) >= 11 is 0. The molecule has 6 nitrogen and oxygen atoms in total. The average molecular weight is 366 g/mol. The fourth-order valence-corrected chi connectivity index (χ4v) is 3.00. The van der Waals surface area contributed by atoms with E-state index in [-0.39, 0.29) is 11.9 Å². The second-order valence-corrected chi connectivity index (χ2v) is 6.15. The van der Waals surface area contributed by atoms with Gasteiger partial charge in [-0.15, -0.1) is 0 Å². The molecule has 0 aromatic heterocycles. The second kappa shape index (κ2) is 11.8. The molecule has 1 unspecified atom stereocenters. The molecule has 0 spiro atoms. The summed E-state index contributed by atoms with van der Waals surface area (Å²) in [5.41, 5.74) is 0.964. The number of aliphatic imine (C=N–C) groups is 1. The zero-order chi connectivity index (χ0) is 18.6. The second-order valence-electron chi connectivity index (χ2n) is 6.15. The van der Waals surface area contributed by atoms with Gasteiger partial charge in [0.2, 0.25) is 0 Å². The quantitative estimate of drug-likeness (QED) is 0.396. The zero-order valence-electron chi connectivity index (χ0n) is 15.8. The Hall–Kier alpha value is -1.70. The van der Waals surface area contributed by atoms with Gasteiger partial charge in [0.15, 0.2) is 5.96 Å². The largest absolute Gasteiger partial charge is 0.382 e. The van der Waals surface area contributed by atoms with Crippen molar-refractivity contribution in [3.63, 3.8) is 0 Å². The average Bonchev–Trinajstić information content (AvgIpc) is 2.67. The Bertz CT molecular complexity index is 550. The standard InChI is InChI=1S/C19H31FN4O2/c1-3-25-11-5-8-22-19(21-2)23-15-18(24-9-12-26-13-10-24)16-6-4-7-17(20)14-16/h4,6-7,14,18H,3,5,8-13,15H2,1-2H3,(H2,21,22,23). The van der Waals surface area contributed by atoms with Gasteiger partial charge >= 0.3 is 0 Å². The van der Waals surface area contributed by atoms with Crippen molar-refractivity contribution in [2.45, 2.75) is 19.4 Å². The van der Waals surface area contributed by atoms with Crippen molar-refractivity contribution in [3.8, 4) is 0 Å². The third-order valence-corrected chi connectivity index (χ3v) is 4.37. The van der Waals surface area contributed by atoms with Gasteiger partial charge < -0.3 is 20.1 Å². The van der Waals surface area contributed by atoms with Gasteiger partial charge in [-0.1, -0.05) is 12.1 Å². The molecule has 2 N–H and O–H groups in total. The highest BCUT2D eigenvalue weighted by molar-refractivity contribution is 5.79. The van der Waals surface area contributed by atoms with Gasteiger partial charge in [-0.2, -0.15) is 0 Å². The van der Waals surface area contributed by atoms with Crippen molar-refractivity contribution in [3.05, 3.63) is 35.6 Å². The van der Waals surface area contributed by atoms with Crippen molar-refractivity contribution >= 4 is 5.96 Å². The molecule has 1 saturated heterocycles. The molecule has 1 fully saturated rings. The van der Waals surface area contributed by atoms with Gasteiger partial charge in [-0.3, -0.25) is 9.89 Å². The monoisotopic (exact) mass is 366 g/mol. The minimum absolute atomic E-state index is 0.0663. The first-order valence-corrected chi connectivity index (χ1v) is 9.34. The smallest absolute Gasteiger partial charge is 0.191 e. The Kier molecular flexibility index (Phi) is 9.38. The van der Waals surface area contributed by atoms with Crippen molar-refractivity contribution in [2.75, 3.05) is 59.7 Å². The van der Waals surface area contributed by atoms with E-state index in [1.165, 1.54) is 6.07 Å². The topological polar surface area (TPSA) is 58.1 Å². The maximum atomic E-state index is 13.7. The number of nitrogens with zero attached hydrogens (tertiary/aromatic N) is 2. The Balaban J connectivity index is 1.93. The first-order valence-electron chi connectivity index (χ1n) is 9.34. The summed E-state index contributed by atoms with van der Waals surface area (Å²) in [5, 5.41) is 6.66. The van der Waals surface area contributed by atoms with Crippen LogP contribution in [0.15, 0.2) is 29.3 Å². The third kappa shape index (κ3) is 6.90. The summed E-state index contributed by atoms with van der Waals surface area (Å²) < 4.78 is 24.5. The molecular weight excluding hydrogens is 335 g/mol. The number of rotatable bonds is 9. The molecule has 1 aliphatic heterocycles. The normalized spacial score (nSPS) is 17.1. The first-order chi connectivity index (χ1) is 12.7. The maximum Gasteiger partial charge on any atom is 0.191 e. The van der Waals surface area contributed by atoms with Crippen LogP contribution in [0.25, 0.3) is 0 Å². The molecule has 0 radical (unpaired) electrons. The van der Waals surface area contributed by atoms with Crippen LogP contribution >= 0.6 is 0 Å². The summed E-state index contributed by atoms with van der Waals surface area (Å²) in [7, 11) is 1.75. The lowest BCUT2D eigenvalue weighted by Gasteiger charge is -2.35. The summed E-state index contributed by atoms with van der Waals surface area (Å²) in [6.07, 6.45) is 0.922. The van der Waals surface area contributed by atoms with E-state index >= 15 is 0 Å². The SMILES string of the molecule is CCOCCCNC(=NC)NCC(c1cccc(F)c1)N1CCOCC1. The van der Waals surface area contributed by atoms with E-state index < -0.39 is 0 Å². The third-order valence-electron chi connectivity index (χ3n) is 4.37.